The topological polar surface area (TPSA) is 47.6 Å². The Kier molecular flexibility index (Phi) is 12.0. The molecule has 0 aliphatic heterocycles. The Morgan fingerprint density at radius 3 is 2.29 bits per heavy atom. The van der Waals surface area contributed by atoms with Gasteiger partial charge in [0.2, 0.25) is 0 Å². The Morgan fingerprint density at radius 1 is 1.12 bits per heavy atom. The van der Waals surface area contributed by atoms with Crippen LogP contribution in [-0.4, -0.2) is 30.9 Å². The van der Waals surface area contributed by atoms with Crippen molar-refractivity contribution in [2.24, 2.45) is 0 Å². The third-order valence-electron chi connectivity index (χ3n) is 3.30. The minimum atomic E-state index is -0.498. The van der Waals surface area contributed by atoms with Crippen molar-refractivity contribution >= 4 is 6.09 Å². The van der Waals surface area contributed by atoms with E-state index in [1.807, 2.05) is 52.0 Å². The van der Waals surface area contributed by atoms with Gasteiger partial charge in [0.1, 0.15) is 5.60 Å². The maximum atomic E-state index is 11.8. The van der Waals surface area contributed by atoms with E-state index in [9.17, 15) is 4.79 Å². The van der Waals surface area contributed by atoms with Crippen molar-refractivity contribution in [3.63, 3.8) is 0 Å². The number of unbranched alkanes of at least 4 members (excludes halogenated alkanes) is 2. The van der Waals surface area contributed by atoms with Crippen molar-refractivity contribution in [3.8, 4) is 0 Å². The molecule has 1 N–H and O–H groups in total. The smallest absolute Gasteiger partial charge is 0.407 e. The standard InChI is InChI=1S/C20H35NO3/c1-7-8-9-10-11-12-13-14-15-16-18(23-6)17(2)21-19(22)24-20(3,4)5/h10-15,17-18H,7-9,16H2,1-6H3,(H,21,22)/b11-10+,13-12+,15-14+/t17-,18+/m1/s1. The molecule has 0 rings (SSSR count). The number of methoxy groups -OCH3 is 1. The molecular weight excluding hydrogens is 302 g/mol. The van der Waals surface area contributed by atoms with E-state index in [0.29, 0.717) is 0 Å². The molecule has 0 unspecified atom stereocenters. The van der Waals surface area contributed by atoms with Gasteiger partial charge in [-0.15, -0.1) is 0 Å². The molecule has 0 heterocycles. The number of allylic oxidation sites excluding steroid dienone is 5. The SMILES string of the molecule is CCCC/C=C/C=C/C=C/C[C@H](OC)[C@@H](C)NC(=O)OC(C)(C)C. The van der Waals surface area contributed by atoms with Crippen LogP contribution in [0.5, 0.6) is 0 Å². The number of carbonyl (C=O) groups is 1. The second-order valence-corrected chi connectivity index (χ2v) is 6.83. The lowest BCUT2D eigenvalue weighted by atomic mass is 10.1. The molecule has 4 nitrogen and oxygen atoms in total. The van der Waals surface area contributed by atoms with Gasteiger partial charge in [-0.05, 0) is 40.5 Å². The van der Waals surface area contributed by atoms with E-state index in [2.05, 4.69) is 24.4 Å². The van der Waals surface area contributed by atoms with Gasteiger partial charge in [0.25, 0.3) is 0 Å². The molecule has 0 spiro atoms. The molecule has 0 fully saturated rings. The van der Waals surface area contributed by atoms with Crippen LogP contribution in [0.15, 0.2) is 36.5 Å². The van der Waals surface area contributed by atoms with Crippen molar-refractivity contribution < 1.29 is 14.3 Å². The summed E-state index contributed by atoms with van der Waals surface area (Å²) in [6.07, 6.45) is 16.1. The first-order chi connectivity index (χ1) is 11.3. The summed E-state index contributed by atoms with van der Waals surface area (Å²) in [6.45, 7) is 9.64. The molecule has 0 saturated carbocycles. The number of ether oxygens (including phenoxy) is 2. The zero-order valence-corrected chi connectivity index (χ0v) is 16.2. The van der Waals surface area contributed by atoms with Crippen LogP contribution in [0.2, 0.25) is 0 Å². The van der Waals surface area contributed by atoms with Crippen molar-refractivity contribution in [2.45, 2.75) is 78.0 Å². The molecule has 24 heavy (non-hydrogen) atoms. The zero-order valence-electron chi connectivity index (χ0n) is 16.2. The van der Waals surface area contributed by atoms with Gasteiger partial charge >= 0.3 is 6.09 Å². The summed E-state index contributed by atoms with van der Waals surface area (Å²) in [5.74, 6) is 0. The average Bonchev–Trinajstić information content (AvgIpc) is 2.47. The van der Waals surface area contributed by atoms with Gasteiger partial charge in [-0.25, -0.2) is 4.79 Å². The summed E-state index contributed by atoms with van der Waals surface area (Å²) in [6, 6.07) is -0.132. The minimum absolute atomic E-state index is 0.0951. The van der Waals surface area contributed by atoms with Gasteiger partial charge in [-0.2, -0.15) is 0 Å². The highest BCUT2D eigenvalue weighted by molar-refractivity contribution is 5.68. The summed E-state index contributed by atoms with van der Waals surface area (Å²) < 4.78 is 10.7. The predicted octanol–water partition coefficient (Wildman–Crippen LogP) is 5.16. The summed E-state index contributed by atoms with van der Waals surface area (Å²) in [4.78, 5) is 11.8. The number of carbonyl (C=O) groups excluding carboxylic acids is 1. The number of hydrogen-bond donors (Lipinski definition) is 1. The molecule has 0 aliphatic rings. The average molecular weight is 338 g/mol. The molecule has 0 aromatic carbocycles. The van der Waals surface area contributed by atoms with E-state index in [1.54, 1.807) is 7.11 Å². The first kappa shape index (κ1) is 22.4. The summed E-state index contributed by atoms with van der Waals surface area (Å²) in [5.41, 5.74) is -0.498. The van der Waals surface area contributed by atoms with E-state index in [-0.39, 0.29) is 12.1 Å². The molecule has 0 aromatic heterocycles. The third kappa shape index (κ3) is 12.9. The lowest BCUT2D eigenvalue weighted by Crippen LogP contribution is -2.44. The highest BCUT2D eigenvalue weighted by Gasteiger charge is 2.21. The minimum Gasteiger partial charge on any atom is -0.444 e. The van der Waals surface area contributed by atoms with Gasteiger partial charge in [-0.1, -0.05) is 56.2 Å². The normalized spacial score (nSPS) is 15.2. The number of alkyl carbamates (subject to hydrolysis) is 1. The van der Waals surface area contributed by atoms with Crippen LogP contribution in [0.1, 0.15) is 60.3 Å². The number of rotatable bonds is 10. The Bertz CT molecular complexity index is 419. The van der Waals surface area contributed by atoms with Crippen LogP contribution < -0.4 is 5.32 Å². The summed E-state index contributed by atoms with van der Waals surface area (Å²) in [7, 11) is 1.65. The van der Waals surface area contributed by atoms with Crippen molar-refractivity contribution in [2.75, 3.05) is 7.11 Å². The molecule has 2 atom stereocenters. The number of amides is 1. The van der Waals surface area contributed by atoms with E-state index >= 15 is 0 Å². The zero-order chi connectivity index (χ0) is 18.4. The fraction of sp³-hybridized carbons (Fsp3) is 0.650. The fourth-order valence-corrected chi connectivity index (χ4v) is 2.01. The van der Waals surface area contributed by atoms with Crippen molar-refractivity contribution in [3.05, 3.63) is 36.5 Å². The maximum Gasteiger partial charge on any atom is 0.407 e. The highest BCUT2D eigenvalue weighted by atomic mass is 16.6. The van der Waals surface area contributed by atoms with Gasteiger partial charge < -0.3 is 14.8 Å². The van der Waals surface area contributed by atoms with Crippen LogP contribution in [-0.2, 0) is 9.47 Å². The van der Waals surface area contributed by atoms with E-state index < -0.39 is 11.7 Å². The Labute approximate surface area is 148 Å². The van der Waals surface area contributed by atoms with Crippen molar-refractivity contribution in [1.82, 2.24) is 5.32 Å². The lowest BCUT2D eigenvalue weighted by Gasteiger charge is -2.25. The summed E-state index contributed by atoms with van der Waals surface area (Å²) >= 11 is 0. The van der Waals surface area contributed by atoms with Gasteiger partial charge in [0.05, 0.1) is 12.1 Å². The predicted molar refractivity (Wildman–Crippen MR) is 101 cm³/mol. The molecule has 4 heteroatoms. The van der Waals surface area contributed by atoms with E-state index in [1.165, 1.54) is 12.8 Å². The van der Waals surface area contributed by atoms with E-state index in [4.69, 9.17) is 9.47 Å². The molecule has 0 saturated heterocycles. The van der Waals surface area contributed by atoms with Gasteiger partial charge in [0.15, 0.2) is 0 Å². The Hall–Kier alpha value is -1.55. The maximum absolute atomic E-state index is 11.8. The number of hydrogen-bond acceptors (Lipinski definition) is 3. The number of nitrogens with one attached hydrogen (secondary N) is 1. The van der Waals surface area contributed by atoms with Crippen LogP contribution >= 0.6 is 0 Å². The van der Waals surface area contributed by atoms with Crippen LogP contribution in [0, 0.1) is 0 Å². The Balaban J connectivity index is 4.20. The molecule has 138 valence electrons. The molecule has 0 aromatic rings. The Morgan fingerprint density at radius 2 is 1.75 bits per heavy atom. The molecule has 0 aliphatic carbocycles. The first-order valence-corrected chi connectivity index (χ1v) is 8.80. The monoisotopic (exact) mass is 337 g/mol. The molecular formula is C20H35NO3. The van der Waals surface area contributed by atoms with Gasteiger partial charge in [-0.3, -0.25) is 0 Å². The first-order valence-electron chi connectivity index (χ1n) is 8.80. The van der Waals surface area contributed by atoms with Crippen molar-refractivity contribution in [1.29, 1.82) is 0 Å². The highest BCUT2D eigenvalue weighted by Crippen LogP contribution is 2.09. The van der Waals surface area contributed by atoms with Crippen LogP contribution in [0.4, 0.5) is 4.79 Å². The second-order valence-electron chi connectivity index (χ2n) is 6.83. The lowest BCUT2D eigenvalue weighted by molar-refractivity contribution is 0.0365. The molecule has 0 bridgehead atoms. The van der Waals surface area contributed by atoms with Crippen LogP contribution in [0.25, 0.3) is 0 Å². The van der Waals surface area contributed by atoms with E-state index in [0.717, 1.165) is 12.8 Å². The van der Waals surface area contributed by atoms with Gasteiger partial charge in [0, 0.05) is 7.11 Å². The molecule has 1 amide bonds. The van der Waals surface area contributed by atoms with Crippen LogP contribution in [0.3, 0.4) is 0 Å². The second kappa shape index (κ2) is 12.8. The third-order valence-corrected chi connectivity index (χ3v) is 3.30. The fourth-order valence-electron chi connectivity index (χ4n) is 2.01. The largest absolute Gasteiger partial charge is 0.444 e. The summed E-state index contributed by atoms with van der Waals surface area (Å²) in [5, 5.41) is 2.82. The molecule has 0 radical (unpaired) electrons. The quantitative estimate of drug-likeness (QED) is 0.442.